The maximum atomic E-state index is 12.4. The number of aryl methyl sites for hydroxylation is 1. The molecule has 0 bridgehead atoms. The van der Waals surface area contributed by atoms with Crippen LogP contribution in [0.5, 0.6) is 0 Å². The Morgan fingerprint density at radius 3 is 2.46 bits per heavy atom. The van der Waals surface area contributed by atoms with E-state index in [1.54, 1.807) is 7.05 Å². The second-order valence-electron chi connectivity index (χ2n) is 6.99. The molecule has 0 radical (unpaired) electrons. The first-order valence-corrected chi connectivity index (χ1v) is 9.10. The minimum absolute atomic E-state index is 0.0985. The summed E-state index contributed by atoms with van der Waals surface area (Å²) in [6.45, 7) is 5.59. The fourth-order valence-electron chi connectivity index (χ4n) is 3.47. The van der Waals surface area contributed by atoms with Gasteiger partial charge in [-0.05, 0) is 31.0 Å². The first kappa shape index (κ1) is 18.2. The predicted molar refractivity (Wildman–Crippen MR) is 98.9 cm³/mol. The zero-order valence-corrected chi connectivity index (χ0v) is 15.5. The van der Waals surface area contributed by atoms with Crippen LogP contribution in [0.3, 0.4) is 0 Å². The minimum atomic E-state index is -0.269. The summed E-state index contributed by atoms with van der Waals surface area (Å²) in [4.78, 5) is 42.8. The maximum absolute atomic E-state index is 12.4. The third kappa shape index (κ3) is 3.98. The number of rotatable bonds is 5. The average Bonchev–Trinajstić information content (AvgIpc) is 2.88. The van der Waals surface area contributed by atoms with Crippen LogP contribution in [0.4, 0.5) is 10.5 Å². The fourth-order valence-corrected chi connectivity index (χ4v) is 3.47. The van der Waals surface area contributed by atoms with Gasteiger partial charge in [0.15, 0.2) is 0 Å². The van der Waals surface area contributed by atoms with Crippen molar-refractivity contribution >= 4 is 23.5 Å². The summed E-state index contributed by atoms with van der Waals surface area (Å²) in [5, 5.41) is 0. The van der Waals surface area contributed by atoms with Crippen molar-refractivity contribution in [1.29, 1.82) is 0 Å². The molecule has 1 aromatic rings. The zero-order valence-electron chi connectivity index (χ0n) is 15.5. The number of hydrogen-bond donors (Lipinski definition) is 0. The normalized spacial score (nSPS) is 18.1. The Hall–Kier alpha value is -2.57. The Bertz CT molecular complexity index is 698. The van der Waals surface area contributed by atoms with Crippen LogP contribution in [0, 0.1) is 6.92 Å². The SMILES string of the molecule is Cc1cccc(N2CCN(C(=O)CCCN3C(=O)CN(C)C3=O)CC2)c1. The van der Waals surface area contributed by atoms with Crippen molar-refractivity contribution < 1.29 is 14.4 Å². The van der Waals surface area contributed by atoms with Crippen molar-refractivity contribution in [3.63, 3.8) is 0 Å². The van der Waals surface area contributed by atoms with Gasteiger partial charge in [-0.25, -0.2) is 4.79 Å². The number of piperazine rings is 1. The molecule has 2 fully saturated rings. The summed E-state index contributed by atoms with van der Waals surface area (Å²) in [7, 11) is 1.61. The van der Waals surface area contributed by atoms with Gasteiger partial charge in [-0.1, -0.05) is 12.1 Å². The lowest BCUT2D eigenvalue weighted by molar-refractivity contribution is -0.132. The zero-order chi connectivity index (χ0) is 18.7. The highest BCUT2D eigenvalue weighted by Gasteiger charge is 2.33. The van der Waals surface area contributed by atoms with Gasteiger partial charge in [-0.15, -0.1) is 0 Å². The van der Waals surface area contributed by atoms with E-state index in [1.807, 2.05) is 4.90 Å². The number of imide groups is 1. The molecule has 2 aliphatic rings. The van der Waals surface area contributed by atoms with Crippen LogP contribution in [0.25, 0.3) is 0 Å². The number of carbonyl (C=O) groups is 3. The number of hydrogen-bond acceptors (Lipinski definition) is 4. The topological polar surface area (TPSA) is 64.2 Å². The van der Waals surface area contributed by atoms with Crippen LogP contribution in [0.2, 0.25) is 0 Å². The molecule has 7 heteroatoms. The summed E-state index contributed by atoms with van der Waals surface area (Å²) >= 11 is 0. The van der Waals surface area contributed by atoms with E-state index in [1.165, 1.54) is 21.1 Å². The van der Waals surface area contributed by atoms with E-state index in [4.69, 9.17) is 0 Å². The molecular formula is C19H26N4O3. The van der Waals surface area contributed by atoms with E-state index in [9.17, 15) is 14.4 Å². The molecule has 3 rings (SSSR count). The molecule has 0 aromatic heterocycles. The molecule has 2 aliphatic heterocycles. The van der Waals surface area contributed by atoms with E-state index in [0.29, 0.717) is 32.5 Å². The molecule has 0 N–H and O–H groups in total. The van der Waals surface area contributed by atoms with Crippen molar-refractivity contribution in [2.45, 2.75) is 19.8 Å². The smallest absolute Gasteiger partial charge is 0.326 e. The third-order valence-electron chi connectivity index (χ3n) is 5.00. The molecule has 0 aliphatic carbocycles. The number of nitrogens with zero attached hydrogens (tertiary/aromatic N) is 4. The maximum Gasteiger partial charge on any atom is 0.326 e. The van der Waals surface area contributed by atoms with Gasteiger partial charge in [-0.3, -0.25) is 14.5 Å². The molecule has 7 nitrogen and oxygen atoms in total. The van der Waals surface area contributed by atoms with Gasteiger partial charge >= 0.3 is 6.03 Å². The van der Waals surface area contributed by atoms with E-state index < -0.39 is 0 Å². The molecule has 26 heavy (non-hydrogen) atoms. The summed E-state index contributed by atoms with van der Waals surface area (Å²) in [6, 6.07) is 8.14. The summed E-state index contributed by atoms with van der Waals surface area (Å²) in [5.41, 5.74) is 2.44. The van der Waals surface area contributed by atoms with Gasteiger partial charge in [0.25, 0.3) is 0 Å². The summed E-state index contributed by atoms with van der Waals surface area (Å²) < 4.78 is 0. The second-order valence-corrected chi connectivity index (χ2v) is 6.99. The van der Waals surface area contributed by atoms with Crippen molar-refractivity contribution in [1.82, 2.24) is 14.7 Å². The number of amides is 4. The molecule has 1 aromatic carbocycles. The molecule has 140 valence electrons. The van der Waals surface area contributed by atoms with E-state index in [0.717, 1.165) is 13.1 Å². The lowest BCUT2D eigenvalue weighted by atomic mass is 10.2. The van der Waals surface area contributed by atoms with Crippen LogP contribution in [0.15, 0.2) is 24.3 Å². The van der Waals surface area contributed by atoms with Crippen molar-refractivity contribution in [2.75, 3.05) is 51.2 Å². The van der Waals surface area contributed by atoms with Crippen LogP contribution < -0.4 is 4.90 Å². The average molecular weight is 358 g/mol. The second kappa shape index (κ2) is 7.76. The molecule has 0 unspecified atom stereocenters. The van der Waals surface area contributed by atoms with Gasteiger partial charge in [0.2, 0.25) is 11.8 Å². The quantitative estimate of drug-likeness (QED) is 0.745. The van der Waals surface area contributed by atoms with Gasteiger partial charge in [0.05, 0.1) is 0 Å². The number of anilines is 1. The van der Waals surface area contributed by atoms with Crippen LogP contribution in [-0.4, -0.2) is 78.9 Å². The summed E-state index contributed by atoms with van der Waals surface area (Å²) in [6.07, 6.45) is 0.882. The Labute approximate surface area is 154 Å². The summed E-state index contributed by atoms with van der Waals surface area (Å²) in [5.74, 6) is -0.0851. The third-order valence-corrected chi connectivity index (χ3v) is 5.00. The lowest BCUT2D eigenvalue weighted by Crippen LogP contribution is -2.48. The number of likely N-dealkylation sites (N-methyl/N-ethyl adjacent to an activating group) is 1. The fraction of sp³-hybridized carbons (Fsp3) is 0.526. The first-order chi connectivity index (χ1) is 12.5. The standard InChI is InChI=1S/C19H26N4O3/c1-15-5-3-6-16(13-15)21-9-11-22(12-10-21)17(24)7-4-8-23-18(25)14-20(2)19(23)26/h3,5-6,13H,4,7-12,14H2,1-2H3. The Morgan fingerprint density at radius 2 is 1.85 bits per heavy atom. The molecular weight excluding hydrogens is 332 g/mol. The Morgan fingerprint density at radius 1 is 1.12 bits per heavy atom. The van der Waals surface area contributed by atoms with E-state index in [-0.39, 0.29) is 24.4 Å². The first-order valence-electron chi connectivity index (χ1n) is 9.10. The monoisotopic (exact) mass is 358 g/mol. The van der Waals surface area contributed by atoms with Crippen LogP contribution in [0.1, 0.15) is 18.4 Å². The number of carbonyl (C=O) groups excluding carboxylic acids is 3. The molecule has 2 saturated heterocycles. The van der Waals surface area contributed by atoms with Gasteiger partial charge in [0, 0.05) is 51.9 Å². The highest BCUT2D eigenvalue weighted by Crippen LogP contribution is 2.18. The van der Waals surface area contributed by atoms with Gasteiger partial charge < -0.3 is 14.7 Å². The van der Waals surface area contributed by atoms with Crippen LogP contribution >= 0.6 is 0 Å². The van der Waals surface area contributed by atoms with Crippen molar-refractivity contribution in [3.8, 4) is 0 Å². The molecule has 2 heterocycles. The molecule has 4 amide bonds. The number of benzene rings is 1. The largest absolute Gasteiger partial charge is 0.368 e. The molecule has 0 saturated carbocycles. The van der Waals surface area contributed by atoms with Crippen molar-refractivity contribution in [2.24, 2.45) is 0 Å². The Balaban J connectivity index is 1.43. The van der Waals surface area contributed by atoms with E-state index >= 15 is 0 Å². The van der Waals surface area contributed by atoms with Crippen molar-refractivity contribution in [3.05, 3.63) is 29.8 Å². The number of urea groups is 1. The molecule has 0 atom stereocenters. The highest BCUT2D eigenvalue weighted by atomic mass is 16.2. The minimum Gasteiger partial charge on any atom is -0.368 e. The lowest BCUT2D eigenvalue weighted by Gasteiger charge is -2.36. The van der Waals surface area contributed by atoms with Gasteiger partial charge in [0.1, 0.15) is 6.54 Å². The highest BCUT2D eigenvalue weighted by molar-refractivity contribution is 6.01. The van der Waals surface area contributed by atoms with E-state index in [2.05, 4.69) is 36.1 Å². The van der Waals surface area contributed by atoms with Gasteiger partial charge in [-0.2, -0.15) is 0 Å². The Kier molecular flexibility index (Phi) is 5.44. The predicted octanol–water partition coefficient (Wildman–Crippen LogP) is 1.32. The molecule has 0 spiro atoms. The van der Waals surface area contributed by atoms with Crippen LogP contribution in [-0.2, 0) is 9.59 Å².